The maximum atomic E-state index is 14.1. The highest BCUT2D eigenvalue weighted by atomic mass is 19.1. The van der Waals surface area contributed by atoms with E-state index in [0.717, 1.165) is 35.5 Å². The minimum atomic E-state index is -0.558. The van der Waals surface area contributed by atoms with Crippen molar-refractivity contribution < 1.29 is 13.5 Å². The van der Waals surface area contributed by atoms with Crippen LogP contribution in [0.1, 0.15) is 23.7 Å². The third-order valence-corrected chi connectivity index (χ3v) is 4.91. The highest BCUT2D eigenvalue weighted by Crippen LogP contribution is 2.32. The number of halogens is 2. The Balaban J connectivity index is 1.62. The van der Waals surface area contributed by atoms with E-state index in [9.17, 15) is 8.78 Å². The fraction of sp³-hybridized carbons (Fsp3) is 0.286. The Kier molecular flexibility index (Phi) is 4.56. The van der Waals surface area contributed by atoms with Gasteiger partial charge in [0.15, 0.2) is 0 Å². The number of aryl methyl sites for hydroxylation is 1. The number of rotatable bonds is 4. The van der Waals surface area contributed by atoms with Gasteiger partial charge in [-0.05, 0) is 43.2 Å². The van der Waals surface area contributed by atoms with E-state index in [1.807, 2.05) is 32.2 Å². The molecule has 0 bridgehead atoms. The van der Waals surface area contributed by atoms with Crippen LogP contribution >= 0.6 is 0 Å². The molecule has 1 N–H and O–H groups in total. The number of hydrogen-bond acceptors (Lipinski definition) is 3. The van der Waals surface area contributed by atoms with Gasteiger partial charge in [-0.1, -0.05) is 6.07 Å². The van der Waals surface area contributed by atoms with Crippen LogP contribution in [0.5, 0.6) is 5.88 Å². The van der Waals surface area contributed by atoms with Crippen molar-refractivity contribution in [2.24, 2.45) is 0 Å². The number of aromatic nitrogens is 2. The average Bonchev–Trinajstić information content (AvgIpc) is 3.04. The molecule has 6 heteroatoms. The number of ether oxygens (including phenoxy) is 1. The van der Waals surface area contributed by atoms with Crippen LogP contribution in [0.2, 0.25) is 0 Å². The van der Waals surface area contributed by atoms with Crippen LogP contribution in [0.3, 0.4) is 0 Å². The molecule has 0 saturated heterocycles. The first-order valence-electron chi connectivity index (χ1n) is 9.06. The van der Waals surface area contributed by atoms with E-state index in [2.05, 4.69) is 14.9 Å². The summed E-state index contributed by atoms with van der Waals surface area (Å²) in [6, 6.07) is 7.71. The molecule has 3 aromatic rings. The van der Waals surface area contributed by atoms with Crippen molar-refractivity contribution in [3.8, 4) is 17.1 Å². The van der Waals surface area contributed by atoms with Gasteiger partial charge < -0.3 is 14.6 Å². The normalized spacial score (nSPS) is 13.6. The molecular formula is C21H21F2N3O. The molecule has 0 radical (unpaired) electrons. The van der Waals surface area contributed by atoms with Crippen molar-refractivity contribution >= 4 is 5.69 Å². The van der Waals surface area contributed by atoms with Gasteiger partial charge in [0, 0.05) is 31.3 Å². The Labute approximate surface area is 156 Å². The highest BCUT2D eigenvalue weighted by Gasteiger charge is 2.23. The molecular weight excluding hydrogens is 348 g/mol. The number of hydrogen-bond donors (Lipinski definition) is 1. The first-order chi connectivity index (χ1) is 13.1. The first kappa shape index (κ1) is 17.5. The van der Waals surface area contributed by atoms with Crippen molar-refractivity contribution in [3.63, 3.8) is 0 Å². The Bertz CT molecular complexity index is 963. The van der Waals surface area contributed by atoms with E-state index in [1.54, 1.807) is 0 Å². The van der Waals surface area contributed by atoms with E-state index in [1.165, 1.54) is 18.2 Å². The van der Waals surface area contributed by atoms with Crippen molar-refractivity contribution in [2.45, 2.75) is 26.8 Å². The van der Waals surface area contributed by atoms with Crippen molar-refractivity contribution in [2.75, 3.05) is 18.1 Å². The molecule has 1 aromatic carbocycles. The number of nitrogens with zero attached hydrogens (tertiary/aromatic N) is 2. The molecule has 4 nitrogen and oxygen atoms in total. The molecule has 3 heterocycles. The summed E-state index contributed by atoms with van der Waals surface area (Å²) in [5, 5.41) is 0. The fourth-order valence-electron chi connectivity index (χ4n) is 3.61. The van der Waals surface area contributed by atoms with Crippen molar-refractivity contribution in [1.82, 2.24) is 9.97 Å². The first-order valence-corrected chi connectivity index (χ1v) is 9.06. The second-order valence-electron chi connectivity index (χ2n) is 6.70. The summed E-state index contributed by atoms with van der Waals surface area (Å²) in [4.78, 5) is 9.80. The summed E-state index contributed by atoms with van der Waals surface area (Å²) in [6.07, 6.45) is 2.60. The van der Waals surface area contributed by atoms with E-state index in [-0.39, 0.29) is 5.56 Å². The van der Waals surface area contributed by atoms with Gasteiger partial charge >= 0.3 is 0 Å². The lowest BCUT2D eigenvalue weighted by Gasteiger charge is -2.30. The van der Waals surface area contributed by atoms with Gasteiger partial charge in [0.05, 0.1) is 29.7 Å². The van der Waals surface area contributed by atoms with Crippen LogP contribution in [0.25, 0.3) is 11.3 Å². The Hall–Kier alpha value is -2.89. The summed E-state index contributed by atoms with van der Waals surface area (Å²) in [7, 11) is 0. The predicted molar refractivity (Wildman–Crippen MR) is 101 cm³/mol. The van der Waals surface area contributed by atoms with Crippen LogP contribution in [0.4, 0.5) is 14.5 Å². The zero-order valence-corrected chi connectivity index (χ0v) is 15.4. The van der Waals surface area contributed by atoms with Gasteiger partial charge in [0.1, 0.15) is 11.6 Å². The number of nitrogens with one attached hydrogen (secondary N) is 1. The van der Waals surface area contributed by atoms with Crippen molar-refractivity contribution in [1.29, 1.82) is 0 Å². The molecule has 0 saturated carbocycles. The van der Waals surface area contributed by atoms with Crippen LogP contribution in [-0.4, -0.2) is 23.1 Å². The number of pyridine rings is 1. The highest BCUT2D eigenvalue weighted by molar-refractivity contribution is 5.64. The molecule has 4 rings (SSSR count). The number of aromatic amines is 1. The van der Waals surface area contributed by atoms with Gasteiger partial charge in [0.25, 0.3) is 0 Å². The Morgan fingerprint density at radius 2 is 2.00 bits per heavy atom. The zero-order valence-electron chi connectivity index (χ0n) is 15.4. The lowest BCUT2D eigenvalue weighted by atomic mass is 10.1. The summed E-state index contributed by atoms with van der Waals surface area (Å²) >= 11 is 0. The third kappa shape index (κ3) is 3.27. The summed E-state index contributed by atoms with van der Waals surface area (Å²) in [5.74, 6) is -0.496. The molecule has 0 aliphatic carbocycles. The molecule has 1 aliphatic heterocycles. The lowest BCUT2D eigenvalue weighted by Crippen LogP contribution is -2.30. The van der Waals surface area contributed by atoms with Gasteiger partial charge in [0.2, 0.25) is 5.88 Å². The molecule has 140 valence electrons. The monoisotopic (exact) mass is 369 g/mol. The van der Waals surface area contributed by atoms with E-state index in [0.29, 0.717) is 24.7 Å². The molecule has 0 spiro atoms. The SMILES string of the molecule is CCOc1cc(C)c(N2CCc3[nH]c(-c4c(F)cccc4F)cc3C2)cn1. The summed E-state index contributed by atoms with van der Waals surface area (Å²) in [5.41, 5.74) is 4.70. The lowest BCUT2D eigenvalue weighted by molar-refractivity contribution is 0.326. The Morgan fingerprint density at radius 1 is 1.22 bits per heavy atom. The Morgan fingerprint density at radius 3 is 2.70 bits per heavy atom. The van der Waals surface area contributed by atoms with E-state index in [4.69, 9.17) is 4.74 Å². The quantitative estimate of drug-likeness (QED) is 0.729. The van der Waals surface area contributed by atoms with Crippen molar-refractivity contribution in [3.05, 3.63) is 65.0 Å². The topological polar surface area (TPSA) is 41.1 Å². The minimum Gasteiger partial charge on any atom is -0.478 e. The average molecular weight is 369 g/mol. The second-order valence-corrected chi connectivity index (χ2v) is 6.70. The maximum absolute atomic E-state index is 14.1. The summed E-state index contributed by atoms with van der Waals surface area (Å²) < 4.78 is 33.7. The van der Waals surface area contributed by atoms with E-state index >= 15 is 0 Å². The molecule has 2 aromatic heterocycles. The van der Waals surface area contributed by atoms with E-state index < -0.39 is 11.6 Å². The number of H-pyrrole nitrogens is 1. The predicted octanol–water partition coefficient (Wildman–Crippen LogP) is 4.62. The molecule has 1 aliphatic rings. The molecule has 0 fully saturated rings. The van der Waals surface area contributed by atoms with Gasteiger partial charge in [-0.2, -0.15) is 0 Å². The number of benzene rings is 1. The standard InChI is InChI=1S/C21H21F2N3O/c1-3-27-20-9-13(2)19(11-24-20)26-8-7-17-14(12-26)10-18(25-17)21-15(22)5-4-6-16(21)23/h4-6,9-11,25H,3,7-8,12H2,1-2H3. The molecule has 0 amide bonds. The van der Waals surface area contributed by atoms with Crippen LogP contribution in [0.15, 0.2) is 36.5 Å². The van der Waals surface area contributed by atoms with Gasteiger partial charge in [-0.15, -0.1) is 0 Å². The minimum absolute atomic E-state index is 0.00244. The summed E-state index contributed by atoms with van der Waals surface area (Å²) in [6.45, 7) is 6.02. The number of anilines is 1. The molecule has 0 unspecified atom stereocenters. The van der Waals surface area contributed by atoms with Gasteiger partial charge in [-0.3, -0.25) is 0 Å². The van der Waals surface area contributed by atoms with Gasteiger partial charge in [-0.25, -0.2) is 13.8 Å². The fourth-order valence-corrected chi connectivity index (χ4v) is 3.61. The van der Waals surface area contributed by atoms with Crippen LogP contribution < -0.4 is 9.64 Å². The second kappa shape index (κ2) is 7.02. The zero-order chi connectivity index (χ0) is 19.0. The largest absolute Gasteiger partial charge is 0.478 e. The maximum Gasteiger partial charge on any atom is 0.213 e. The number of fused-ring (bicyclic) bond motifs is 1. The third-order valence-electron chi connectivity index (χ3n) is 4.91. The molecule has 0 atom stereocenters. The smallest absolute Gasteiger partial charge is 0.213 e. The van der Waals surface area contributed by atoms with Crippen LogP contribution in [0, 0.1) is 18.6 Å². The molecule has 27 heavy (non-hydrogen) atoms. The van der Waals surface area contributed by atoms with Crippen LogP contribution in [-0.2, 0) is 13.0 Å².